The average molecular weight is 504 g/mol. The summed E-state index contributed by atoms with van der Waals surface area (Å²) in [6.45, 7) is 5.05. The smallest absolute Gasteiger partial charge is 0.280 e. The summed E-state index contributed by atoms with van der Waals surface area (Å²) in [6.07, 6.45) is 14.9. The second-order valence-corrected chi connectivity index (χ2v) is 10.4. The van der Waals surface area contributed by atoms with Crippen LogP contribution in [0.4, 0.5) is 13.2 Å². The molecule has 0 amide bonds. The normalized spacial score (nSPS) is 16.6. The Morgan fingerprint density at radius 2 is 1.47 bits per heavy atom. The van der Waals surface area contributed by atoms with Crippen molar-refractivity contribution in [1.82, 2.24) is 4.98 Å². The Bertz CT molecular complexity index is 913. The van der Waals surface area contributed by atoms with Gasteiger partial charge in [-0.2, -0.15) is 4.39 Å². The molecule has 1 aromatic heterocycles. The standard InChI is InChI=1S/C31H44F3NO/c1-3-5-7-9-11-13-15-26-19-16-25-23-28(35-30(32)29(25)31(26,33)34)24-17-20-27(21-18-24)36-22-14-12-10-8-6-4-2/h17-18,20-21,23,26H,3-16,19,22H2,1-2H3. The molecule has 1 heterocycles. The van der Waals surface area contributed by atoms with Crippen LogP contribution in [0.25, 0.3) is 11.3 Å². The van der Waals surface area contributed by atoms with Crippen molar-refractivity contribution in [3.8, 4) is 17.0 Å². The molecule has 0 spiro atoms. The highest BCUT2D eigenvalue weighted by molar-refractivity contribution is 5.62. The molecule has 200 valence electrons. The SMILES string of the molecule is CCCCCCCCOc1ccc(-c2cc3c(c(F)n2)C(F)(F)C(CCCCCCCC)CC3)cc1. The van der Waals surface area contributed by atoms with E-state index in [0.717, 1.165) is 37.9 Å². The van der Waals surface area contributed by atoms with Crippen molar-refractivity contribution >= 4 is 0 Å². The number of alkyl halides is 2. The van der Waals surface area contributed by atoms with Gasteiger partial charge in [0.25, 0.3) is 5.92 Å². The summed E-state index contributed by atoms with van der Waals surface area (Å²) < 4.78 is 51.4. The van der Waals surface area contributed by atoms with E-state index in [0.29, 0.717) is 42.7 Å². The third kappa shape index (κ3) is 7.98. The van der Waals surface area contributed by atoms with Crippen LogP contribution >= 0.6 is 0 Å². The van der Waals surface area contributed by atoms with Crippen LogP contribution in [0.2, 0.25) is 0 Å². The fraction of sp³-hybridized carbons (Fsp3) is 0.645. The zero-order valence-corrected chi connectivity index (χ0v) is 22.3. The molecule has 1 aliphatic carbocycles. The Morgan fingerprint density at radius 3 is 2.14 bits per heavy atom. The number of aromatic nitrogens is 1. The van der Waals surface area contributed by atoms with Crippen molar-refractivity contribution in [2.45, 2.75) is 116 Å². The van der Waals surface area contributed by atoms with Gasteiger partial charge in [0.2, 0.25) is 5.95 Å². The first-order valence-corrected chi connectivity index (χ1v) is 14.3. The second kappa shape index (κ2) is 14.6. The molecule has 2 aromatic rings. The quantitative estimate of drug-likeness (QED) is 0.168. The van der Waals surface area contributed by atoms with Crippen LogP contribution in [0, 0.1) is 11.9 Å². The molecule has 2 nitrogen and oxygen atoms in total. The molecule has 1 aromatic carbocycles. The monoisotopic (exact) mass is 503 g/mol. The van der Waals surface area contributed by atoms with Crippen LogP contribution in [0.3, 0.4) is 0 Å². The van der Waals surface area contributed by atoms with E-state index in [2.05, 4.69) is 18.8 Å². The number of unbranched alkanes of at least 4 members (excludes halogenated alkanes) is 10. The molecule has 0 fully saturated rings. The zero-order chi connectivity index (χ0) is 25.8. The summed E-state index contributed by atoms with van der Waals surface area (Å²) in [5, 5.41) is 0. The maximum Gasteiger partial charge on any atom is 0.280 e. The molecule has 1 unspecified atom stereocenters. The third-order valence-corrected chi connectivity index (χ3v) is 7.49. The predicted molar refractivity (Wildman–Crippen MR) is 142 cm³/mol. The first-order chi connectivity index (χ1) is 17.5. The summed E-state index contributed by atoms with van der Waals surface area (Å²) in [5.41, 5.74) is 1.03. The Morgan fingerprint density at radius 1 is 0.861 bits per heavy atom. The highest BCUT2D eigenvalue weighted by atomic mass is 19.3. The van der Waals surface area contributed by atoms with Gasteiger partial charge in [0.05, 0.1) is 17.9 Å². The molecular weight excluding hydrogens is 459 g/mol. The van der Waals surface area contributed by atoms with E-state index in [1.807, 2.05) is 24.3 Å². The van der Waals surface area contributed by atoms with Gasteiger partial charge in [0.1, 0.15) is 5.75 Å². The van der Waals surface area contributed by atoms with Crippen molar-refractivity contribution in [2.24, 2.45) is 5.92 Å². The maximum atomic E-state index is 15.3. The van der Waals surface area contributed by atoms with Gasteiger partial charge in [-0.05, 0) is 61.6 Å². The molecule has 1 aliphatic rings. The Hall–Kier alpha value is -2.04. The number of nitrogens with zero attached hydrogens (tertiary/aromatic N) is 1. The Kier molecular flexibility index (Phi) is 11.6. The van der Waals surface area contributed by atoms with Crippen LogP contribution < -0.4 is 4.74 Å². The highest BCUT2D eigenvalue weighted by Crippen LogP contribution is 2.47. The minimum absolute atomic E-state index is 0.392. The fourth-order valence-corrected chi connectivity index (χ4v) is 5.27. The molecular formula is C31H44F3NO. The van der Waals surface area contributed by atoms with Gasteiger partial charge in [-0.25, -0.2) is 13.8 Å². The summed E-state index contributed by atoms with van der Waals surface area (Å²) in [4.78, 5) is 3.97. The number of benzene rings is 1. The minimum atomic E-state index is -3.17. The van der Waals surface area contributed by atoms with Gasteiger partial charge in [-0.15, -0.1) is 0 Å². The number of ether oxygens (including phenoxy) is 1. The van der Waals surface area contributed by atoms with Crippen molar-refractivity contribution in [3.63, 3.8) is 0 Å². The number of aryl methyl sites for hydroxylation is 1. The molecule has 0 radical (unpaired) electrons. The molecule has 0 saturated carbocycles. The lowest BCUT2D eigenvalue weighted by molar-refractivity contribution is -0.0824. The van der Waals surface area contributed by atoms with Crippen LogP contribution in [0.5, 0.6) is 5.75 Å². The number of rotatable bonds is 16. The number of pyridine rings is 1. The molecule has 0 bridgehead atoms. The van der Waals surface area contributed by atoms with Gasteiger partial charge >= 0.3 is 0 Å². The first-order valence-electron chi connectivity index (χ1n) is 14.3. The molecule has 0 N–H and O–H groups in total. The lowest BCUT2D eigenvalue weighted by Gasteiger charge is -2.33. The molecule has 3 rings (SSSR count). The van der Waals surface area contributed by atoms with E-state index in [1.54, 1.807) is 6.07 Å². The van der Waals surface area contributed by atoms with E-state index in [-0.39, 0.29) is 0 Å². The second-order valence-electron chi connectivity index (χ2n) is 10.4. The highest BCUT2D eigenvalue weighted by Gasteiger charge is 2.47. The van der Waals surface area contributed by atoms with Gasteiger partial charge in [-0.3, -0.25) is 0 Å². The first kappa shape index (κ1) is 28.5. The summed E-state index contributed by atoms with van der Waals surface area (Å²) in [6, 6.07) is 8.99. The number of hydrogen-bond donors (Lipinski definition) is 0. The number of halogens is 3. The molecule has 1 atom stereocenters. The van der Waals surface area contributed by atoms with Gasteiger partial charge in [0, 0.05) is 11.5 Å². The zero-order valence-electron chi connectivity index (χ0n) is 22.3. The van der Waals surface area contributed by atoms with Crippen molar-refractivity contribution in [1.29, 1.82) is 0 Å². The van der Waals surface area contributed by atoms with Crippen LogP contribution in [-0.2, 0) is 12.3 Å². The minimum Gasteiger partial charge on any atom is -0.494 e. The van der Waals surface area contributed by atoms with Crippen molar-refractivity contribution < 1.29 is 17.9 Å². The average Bonchev–Trinajstić information content (AvgIpc) is 2.86. The number of fused-ring (bicyclic) bond motifs is 1. The lowest BCUT2D eigenvalue weighted by Crippen LogP contribution is -2.33. The molecule has 5 heteroatoms. The van der Waals surface area contributed by atoms with Crippen LogP contribution in [0.15, 0.2) is 30.3 Å². The van der Waals surface area contributed by atoms with Crippen LogP contribution in [-0.4, -0.2) is 11.6 Å². The summed E-state index contributed by atoms with van der Waals surface area (Å²) in [7, 11) is 0. The molecule has 36 heavy (non-hydrogen) atoms. The molecule has 0 aliphatic heterocycles. The van der Waals surface area contributed by atoms with Crippen LogP contribution in [0.1, 0.15) is 115 Å². The van der Waals surface area contributed by atoms with Gasteiger partial charge in [-0.1, -0.05) is 84.5 Å². The molecule has 0 saturated heterocycles. The topological polar surface area (TPSA) is 22.1 Å². The van der Waals surface area contributed by atoms with E-state index in [1.165, 1.54) is 44.9 Å². The van der Waals surface area contributed by atoms with E-state index >= 15 is 8.78 Å². The van der Waals surface area contributed by atoms with Gasteiger partial charge in [0.15, 0.2) is 0 Å². The Balaban J connectivity index is 1.57. The number of hydrogen-bond acceptors (Lipinski definition) is 2. The van der Waals surface area contributed by atoms with Crippen molar-refractivity contribution in [2.75, 3.05) is 6.61 Å². The van der Waals surface area contributed by atoms with E-state index < -0.39 is 23.4 Å². The van der Waals surface area contributed by atoms with E-state index in [4.69, 9.17) is 4.74 Å². The maximum absolute atomic E-state index is 15.3. The Labute approximate surface area is 216 Å². The largest absolute Gasteiger partial charge is 0.494 e. The van der Waals surface area contributed by atoms with Crippen molar-refractivity contribution in [3.05, 3.63) is 47.4 Å². The predicted octanol–water partition coefficient (Wildman–Crippen LogP) is 10.0. The van der Waals surface area contributed by atoms with Gasteiger partial charge < -0.3 is 4.74 Å². The summed E-state index contributed by atoms with van der Waals surface area (Å²) >= 11 is 0. The third-order valence-electron chi connectivity index (χ3n) is 7.49. The fourth-order valence-electron chi connectivity index (χ4n) is 5.27. The lowest BCUT2D eigenvalue weighted by atomic mass is 9.78. The van der Waals surface area contributed by atoms with E-state index in [9.17, 15) is 4.39 Å². The summed E-state index contributed by atoms with van der Waals surface area (Å²) in [5.74, 6) is -4.24.